The van der Waals surface area contributed by atoms with Crippen LogP contribution < -0.4 is 0 Å². The van der Waals surface area contributed by atoms with Gasteiger partial charge in [0.1, 0.15) is 0 Å². The van der Waals surface area contributed by atoms with E-state index < -0.39 is 12.2 Å². The third-order valence-corrected chi connectivity index (χ3v) is 4.07. The summed E-state index contributed by atoms with van der Waals surface area (Å²) in [5, 5.41) is 25.7. The summed E-state index contributed by atoms with van der Waals surface area (Å²) in [6, 6.07) is 5.75. The number of piperidine rings is 1. The zero-order chi connectivity index (χ0) is 14.3. The number of aryl methyl sites for hydroxylation is 1. The van der Waals surface area contributed by atoms with Gasteiger partial charge in [-0.15, -0.1) is 0 Å². The summed E-state index contributed by atoms with van der Waals surface area (Å²) in [7, 11) is 1.89. The molecule has 0 amide bonds. The molecule has 0 unspecified atom stereocenters. The Morgan fingerprint density at radius 2 is 2.00 bits per heavy atom. The highest BCUT2D eigenvalue weighted by Gasteiger charge is 2.25. The lowest BCUT2D eigenvalue weighted by molar-refractivity contribution is -0.0113. The third kappa shape index (κ3) is 2.54. The molecule has 2 atom stereocenters. The second-order valence-electron chi connectivity index (χ2n) is 5.44. The minimum Gasteiger partial charge on any atom is -0.392 e. The second-order valence-corrected chi connectivity index (χ2v) is 5.85. The van der Waals surface area contributed by atoms with Crippen LogP contribution in [-0.2, 0) is 13.6 Å². The van der Waals surface area contributed by atoms with Crippen LogP contribution in [0.15, 0.2) is 18.2 Å². The SMILES string of the molecule is Cn1nc(CN2C[C@H](O)C[C@@H](O)C2)c2c(Cl)cccc21. The average Bonchev–Trinajstić information content (AvgIpc) is 2.66. The van der Waals surface area contributed by atoms with Crippen molar-refractivity contribution in [1.82, 2.24) is 14.7 Å². The molecule has 3 rings (SSSR count). The van der Waals surface area contributed by atoms with E-state index in [0.29, 0.717) is 31.1 Å². The number of hydrogen-bond acceptors (Lipinski definition) is 4. The van der Waals surface area contributed by atoms with Crippen molar-refractivity contribution in [2.24, 2.45) is 7.05 Å². The Labute approximate surface area is 122 Å². The van der Waals surface area contributed by atoms with Gasteiger partial charge in [-0.25, -0.2) is 0 Å². The number of hydrogen-bond donors (Lipinski definition) is 2. The molecule has 1 aliphatic rings. The maximum Gasteiger partial charge on any atom is 0.0858 e. The Morgan fingerprint density at radius 3 is 2.70 bits per heavy atom. The van der Waals surface area contributed by atoms with Gasteiger partial charge in [-0.3, -0.25) is 9.58 Å². The first-order chi connectivity index (χ1) is 9.54. The molecule has 1 aromatic heterocycles. The topological polar surface area (TPSA) is 61.5 Å². The molecule has 0 bridgehead atoms. The maximum absolute atomic E-state index is 9.75. The standard InChI is InChI=1S/C14H18ClN3O2/c1-17-13-4-2-3-11(15)14(13)12(16-17)8-18-6-9(19)5-10(20)7-18/h2-4,9-10,19-20H,5-8H2,1H3/t9-,10-/m1/s1. The van der Waals surface area contributed by atoms with Crippen molar-refractivity contribution in [2.75, 3.05) is 13.1 Å². The van der Waals surface area contributed by atoms with Crippen molar-refractivity contribution in [3.05, 3.63) is 28.9 Å². The first-order valence-electron chi connectivity index (χ1n) is 6.73. The second kappa shape index (κ2) is 5.33. The van der Waals surface area contributed by atoms with Gasteiger partial charge in [0.25, 0.3) is 0 Å². The molecular weight excluding hydrogens is 278 g/mol. The monoisotopic (exact) mass is 295 g/mol. The number of aromatic nitrogens is 2. The maximum atomic E-state index is 9.75. The lowest BCUT2D eigenvalue weighted by Crippen LogP contribution is -2.45. The van der Waals surface area contributed by atoms with Crippen LogP contribution in [0.1, 0.15) is 12.1 Å². The summed E-state index contributed by atoms with van der Waals surface area (Å²) in [6.45, 7) is 1.69. The first kappa shape index (κ1) is 13.8. The Morgan fingerprint density at radius 1 is 1.30 bits per heavy atom. The number of likely N-dealkylation sites (tertiary alicyclic amines) is 1. The fourth-order valence-corrected chi connectivity index (χ4v) is 3.22. The first-order valence-corrected chi connectivity index (χ1v) is 7.11. The summed E-state index contributed by atoms with van der Waals surface area (Å²) < 4.78 is 1.81. The van der Waals surface area contributed by atoms with Gasteiger partial charge < -0.3 is 10.2 Å². The molecule has 1 aliphatic heterocycles. The molecule has 2 heterocycles. The Bertz CT molecular complexity index is 618. The number of halogens is 1. The predicted octanol–water partition coefficient (Wildman–Crippen LogP) is 1.15. The fourth-order valence-electron chi connectivity index (χ4n) is 2.94. The number of rotatable bonds is 2. The van der Waals surface area contributed by atoms with Crippen LogP contribution in [-0.4, -0.2) is 50.2 Å². The van der Waals surface area contributed by atoms with Crippen LogP contribution in [0.5, 0.6) is 0 Å². The van der Waals surface area contributed by atoms with Crippen molar-refractivity contribution < 1.29 is 10.2 Å². The number of fused-ring (bicyclic) bond motifs is 1. The molecule has 1 aromatic carbocycles. The number of β-amino-alcohol motifs (C(OH)–C–C–N with tert-alkyl or cyclic N) is 2. The van der Waals surface area contributed by atoms with Crippen molar-refractivity contribution in [1.29, 1.82) is 0 Å². The molecule has 6 heteroatoms. The minimum absolute atomic E-state index is 0.445. The minimum atomic E-state index is -0.482. The van der Waals surface area contributed by atoms with Crippen LogP contribution in [0.25, 0.3) is 10.9 Å². The summed E-state index contributed by atoms with van der Waals surface area (Å²) in [4.78, 5) is 2.02. The van der Waals surface area contributed by atoms with E-state index >= 15 is 0 Å². The molecule has 2 aromatic rings. The van der Waals surface area contributed by atoms with Gasteiger partial charge in [0.15, 0.2) is 0 Å². The number of aliphatic hydroxyl groups excluding tert-OH is 2. The van der Waals surface area contributed by atoms with E-state index in [1.807, 2.05) is 34.8 Å². The van der Waals surface area contributed by atoms with Crippen molar-refractivity contribution in [3.8, 4) is 0 Å². The average molecular weight is 296 g/mol. The highest BCUT2D eigenvalue weighted by molar-refractivity contribution is 6.35. The zero-order valence-electron chi connectivity index (χ0n) is 11.3. The van der Waals surface area contributed by atoms with E-state index in [4.69, 9.17) is 11.6 Å². The van der Waals surface area contributed by atoms with E-state index in [0.717, 1.165) is 16.6 Å². The van der Waals surface area contributed by atoms with E-state index in [-0.39, 0.29) is 0 Å². The molecule has 1 saturated heterocycles. The number of aliphatic hydroxyl groups is 2. The normalized spacial score (nSPS) is 24.4. The van der Waals surface area contributed by atoms with Crippen LogP contribution in [0.4, 0.5) is 0 Å². The molecule has 0 saturated carbocycles. The van der Waals surface area contributed by atoms with E-state index in [9.17, 15) is 10.2 Å². The highest BCUT2D eigenvalue weighted by atomic mass is 35.5. The molecule has 0 spiro atoms. The van der Waals surface area contributed by atoms with Crippen molar-refractivity contribution in [3.63, 3.8) is 0 Å². The van der Waals surface area contributed by atoms with Gasteiger partial charge in [0.05, 0.1) is 28.4 Å². The molecular formula is C14H18ClN3O2. The van der Waals surface area contributed by atoms with E-state index in [1.165, 1.54) is 0 Å². The van der Waals surface area contributed by atoms with Gasteiger partial charge >= 0.3 is 0 Å². The van der Waals surface area contributed by atoms with Crippen molar-refractivity contribution >= 4 is 22.5 Å². The molecule has 0 aliphatic carbocycles. The summed E-state index contributed by atoms with van der Waals surface area (Å²) in [6.07, 6.45) is -0.520. The highest BCUT2D eigenvalue weighted by Crippen LogP contribution is 2.27. The summed E-state index contributed by atoms with van der Waals surface area (Å²) >= 11 is 6.28. The number of nitrogens with zero attached hydrogens (tertiary/aromatic N) is 3. The lowest BCUT2D eigenvalue weighted by atomic mass is 10.1. The van der Waals surface area contributed by atoms with Gasteiger partial charge in [0.2, 0.25) is 0 Å². The largest absolute Gasteiger partial charge is 0.392 e. The molecule has 108 valence electrons. The summed E-state index contributed by atoms with van der Waals surface area (Å²) in [5.74, 6) is 0. The molecule has 0 radical (unpaired) electrons. The Kier molecular flexibility index (Phi) is 3.69. The van der Waals surface area contributed by atoms with Crippen molar-refractivity contribution in [2.45, 2.75) is 25.2 Å². The predicted molar refractivity (Wildman–Crippen MR) is 77.6 cm³/mol. The van der Waals surface area contributed by atoms with Crippen LogP contribution in [0.2, 0.25) is 5.02 Å². The van der Waals surface area contributed by atoms with E-state index in [2.05, 4.69) is 5.10 Å². The smallest absolute Gasteiger partial charge is 0.0858 e. The molecule has 5 nitrogen and oxygen atoms in total. The van der Waals surface area contributed by atoms with Gasteiger partial charge in [-0.05, 0) is 12.1 Å². The number of benzene rings is 1. The van der Waals surface area contributed by atoms with Crippen LogP contribution in [0.3, 0.4) is 0 Å². The molecule has 20 heavy (non-hydrogen) atoms. The van der Waals surface area contributed by atoms with Crippen LogP contribution >= 0.6 is 11.6 Å². The Hall–Kier alpha value is -1.14. The lowest BCUT2D eigenvalue weighted by Gasteiger charge is -2.32. The van der Waals surface area contributed by atoms with Gasteiger partial charge in [0, 0.05) is 38.5 Å². The van der Waals surface area contributed by atoms with Gasteiger partial charge in [-0.1, -0.05) is 17.7 Å². The van der Waals surface area contributed by atoms with Gasteiger partial charge in [-0.2, -0.15) is 5.10 Å². The van der Waals surface area contributed by atoms with Crippen LogP contribution in [0, 0.1) is 0 Å². The molecule has 1 fully saturated rings. The quantitative estimate of drug-likeness (QED) is 0.873. The van der Waals surface area contributed by atoms with E-state index in [1.54, 1.807) is 0 Å². The Balaban J connectivity index is 1.91. The fraction of sp³-hybridized carbons (Fsp3) is 0.500. The zero-order valence-corrected chi connectivity index (χ0v) is 12.1. The molecule has 2 N–H and O–H groups in total. The summed E-state index contributed by atoms with van der Waals surface area (Å²) in [5.41, 5.74) is 1.88. The third-order valence-electron chi connectivity index (χ3n) is 3.75.